The molecule has 1 aromatic rings. The standard InChI is InChI=1S/C18H24FN5O4/c19-16-12(11-28-18(26)22-17(20)21)2-1-3-14(16)23-6-7-24(15(25)10-23)13-4-8-27-9-5-13/h1-3,13H,4-11H2,(H4,20,21,22,26). The third kappa shape index (κ3) is 4.69. The van der Waals surface area contributed by atoms with E-state index in [0.717, 1.165) is 12.8 Å². The molecule has 0 aromatic heterocycles. The van der Waals surface area contributed by atoms with Gasteiger partial charge in [0.15, 0.2) is 11.8 Å². The summed E-state index contributed by atoms with van der Waals surface area (Å²) < 4.78 is 25.1. The molecule has 2 saturated heterocycles. The van der Waals surface area contributed by atoms with Crippen molar-refractivity contribution in [2.24, 2.45) is 16.5 Å². The number of guanidine groups is 1. The fraction of sp³-hybridized carbons (Fsp3) is 0.500. The molecule has 28 heavy (non-hydrogen) atoms. The summed E-state index contributed by atoms with van der Waals surface area (Å²) in [6, 6.07) is 4.95. The molecule has 0 atom stereocenters. The number of amides is 2. The van der Waals surface area contributed by atoms with Crippen LogP contribution >= 0.6 is 0 Å². The monoisotopic (exact) mass is 393 g/mol. The van der Waals surface area contributed by atoms with Crippen molar-refractivity contribution >= 4 is 23.6 Å². The summed E-state index contributed by atoms with van der Waals surface area (Å²) in [5, 5.41) is 0. The molecule has 0 spiro atoms. The van der Waals surface area contributed by atoms with Gasteiger partial charge in [0.2, 0.25) is 5.91 Å². The zero-order valence-electron chi connectivity index (χ0n) is 15.5. The van der Waals surface area contributed by atoms with Gasteiger partial charge in [0.05, 0.1) is 12.2 Å². The summed E-state index contributed by atoms with van der Waals surface area (Å²) in [4.78, 5) is 30.8. The molecule has 0 aliphatic carbocycles. The second-order valence-electron chi connectivity index (χ2n) is 6.69. The summed E-state index contributed by atoms with van der Waals surface area (Å²) in [7, 11) is 0. The van der Waals surface area contributed by atoms with Gasteiger partial charge in [-0.05, 0) is 18.9 Å². The minimum absolute atomic E-state index is 0.0258. The van der Waals surface area contributed by atoms with Crippen molar-refractivity contribution in [3.63, 3.8) is 0 Å². The fourth-order valence-corrected chi connectivity index (χ4v) is 3.47. The molecular weight excluding hydrogens is 369 g/mol. The van der Waals surface area contributed by atoms with Gasteiger partial charge in [0.1, 0.15) is 6.61 Å². The molecule has 0 saturated carbocycles. The number of halogens is 1. The number of ether oxygens (including phenoxy) is 2. The first-order valence-electron chi connectivity index (χ1n) is 9.11. The number of piperazine rings is 1. The van der Waals surface area contributed by atoms with Crippen molar-refractivity contribution in [1.29, 1.82) is 0 Å². The third-order valence-corrected chi connectivity index (χ3v) is 4.86. The summed E-state index contributed by atoms with van der Waals surface area (Å²) in [6.45, 7) is 2.17. The normalized spacial score (nSPS) is 18.1. The molecule has 10 heteroatoms. The van der Waals surface area contributed by atoms with E-state index >= 15 is 0 Å². The van der Waals surface area contributed by atoms with Crippen molar-refractivity contribution < 1.29 is 23.5 Å². The Morgan fingerprint density at radius 1 is 1.29 bits per heavy atom. The Labute approximate surface area is 162 Å². The van der Waals surface area contributed by atoms with Gasteiger partial charge in [-0.1, -0.05) is 12.1 Å². The fourth-order valence-electron chi connectivity index (χ4n) is 3.47. The molecule has 2 aliphatic heterocycles. The quantitative estimate of drug-likeness (QED) is 0.566. The summed E-state index contributed by atoms with van der Waals surface area (Å²) in [5.41, 5.74) is 10.7. The van der Waals surface area contributed by atoms with E-state index in [1.54, 1.807) is 17.0 Å². The molecule has 1 aromatic carbocycles. The highest BCUT2D eigenvalue weighted by Gasteiger charge is 2.31. The molecule has 0 radical (unpaired) electrons. The molecule has 3 rings (SSSR count). The second-order valence-corrected chi connectivity index (χ2v) is 6.69. The van der Waals surface area contributed by atoms with Crippen LogP contribution in [0.15, 0.2) is 23.2 Å². The van der Waals surface area contributed by atoms with Gasteiger partial charge in [0, 0.05) is 37.9 Å². The maximum atomic E-state index is 14.9. The number of anilines is 1. The van der Waals surface area contributed by atoms with Gasteiger partial charge in [-0.2, -0.15) is 0 Å². The van der Waals surface area contributed by atoms with Crippen molar-refractivity contribution in [1.82, 2.24) is 4.90 Å². The Hall–Kier alpha value is -2.88. The molecule has 152 valence electrons. The molecule has 9 nitrogen and oxygen atoms in total. The molecule has 2 amide bonds. The van der Waals surface area contributed by atoms with Crippen LogP contribution in [-0.4, -0.2) is 61.7 Å². The molecule has 2 fully saturated rings. The highest BCUT2D eigenvalue weighted by molar-refractivity contribution is 5.87. The first-order chi connectivity index (χ1) is 13.5. The maximum absolute atomic E-state index is 14.9. The van der Waals surface area contributed by atoms with Gasteiger partial charge >= 0.3 is 6.09 Å². The maximum Gasteiger partial charge on any atom is 0.437 e. The van der Waals surface area contributed by atoms with Crippen LogP contribution in [0, 0.1) is 5.82 Å². The summed E-state index contributed by atoms with van der Waals surface area (Å²) in [5.74, 6) is -0.991. The Kier molecular flexibility index (Phi) is 6.30. The number of carbonyl (C=O) groups is 2. The Morgan fingerprint density at radius 2 is 2.04 bits per heavy atom. The summed E-state index contributed by atoms with van der Waals surface area (Å²) >= 11 is 0. The predicted octanol–water partition coefficient (Wildman–Crippen LogP) is 0.563. The average molecular weight is 393 g/mol. The Morgan fingerprint density at radius 3 is 2.71 bits per heavy atom. The van der Waals surface area contributed by atoms with Crippen LogP contribution < -0.4 is 16.4 Å². The second kappa shape index (κ2) is 8.87. The van der Waals surface area contributed by atoms with Gasteiger partial charge in [-0.15, -0.1) is 4.99 Å². The van der Waals surface area contributed by atoms with Crippen LogP contribution in [0.2, 0.25) is 0 Å². The van der Waals surface area contributed by atoms with Crippen LogP contribution in [0.5, 0.6) is 0 Å². The lowest BCUT2D eigenvalue weighted by molar-refractivity contribution is -0.135. The number of aliphatic imine (C=N–C) groups is 1. The first-order valence-corrected chi connectivity index (χ1v) is 9.11. The van der Waals surface area contributed by atoms with E-state index in [4.69, 9.17) is 20.9 Å². The van der Waals surface area contributed by atoms with Crippen LogP contribution in [0.3, 0.4) is 0 Å². The molecule has 0 bridgehead atoms. The highest BCUT2D eigenvalue weighted by Crippen LogP contribution is 2.26. The van der Waals surface area contributed by atoms with E-state index in [0.29, 0.717) is 32.0 Å². The highest BCUT2D eigenvalue weighted by atomic mass is 19.1. The molecular formula is C18H24FN5O4. The zero-order valence-corrected chi connectivity index (χ0v) is 15.5. The van der Waals surface area contributed by atoms with E-state index in [1.165, 1.54) is 6.07 Å². The van der Waals surface area contributed by atoms with Gasteiger partial charge < -0.3 is 30.7 Å². The largest absolute Gasteiger partial charge is 0.443 e. The number of hydrogen-bond acceptors (Lipinski definition) is 5. The van der Waals surface area contributed by atoms with Crippen molar-refractivity contribution in [3.8, 4) is 0 Å². The first kappa shape index (κ1) is 19.9. The summed E-state index contributed by atoms with van der Waals surface area (Å²) in [6.07, 6.45) is 0.665. The SMILES string of the molecule is NC(N)=NC(=O)OCc1cccc(N2CCN(C3CCOCC3)C(=O)C2)c1F. The minimum atomic E-state index is -0.995. The molecule has 2 heterocycles. The van der Waals surface area contributed by atoms with Crippen molar-refractivity contribution in [3.05, 3.63) is 29.6 Å². The van der Waals surface area contributed by atoms with Gasteiger partial charge in [-0.3, -0.25) is 4.79 Å². The van der Waals surface area contributed by atoms with E-state index in [1.807, 2.05) is 4.90 Å². The van der Waals surface area contributed by atoms with Crippen LogP contribution in [0.1, 0.15) is 18.4 Å². The average Bonchev–Trinajstić information content (AvgIpc) is 2.67. The number of rotatable bonds is 4. The topological polar surface area (TPSA) is 123 Å². The lowest BCUT2D eigenvalue weighted by Gasteiger charge is -2.41. The number of benzene rings is 1. The number of nitrogens with two attached hydrogens (primary N) is 2. The molecule has 0 unspecified atom stereocenters. The van der Waals surface area contributed by atoms with E-state index in [-0.39, 0.29) is 30.7 Å². The van der Waals surface area contributed by atoms with Crippen molar-refractivity contribution in [2.75, 3.05) is 37.7 Å². The molecule has 4 N–H and O–H groups in total. The van der Waals surface area contributed by atoms with Crippen molar-refractivity contribution in [2.45, 2.75) is 25.5 Å². The van der Waals surface area contributed by atoms with Crippen LogP contribution in [-0.2, 0) is 20.9 Å². The number of nitrogens with zero attached hydrogens (tertiary/aromatic N) is 3. The lowest BCUT2D eigenvalue weighted by atomic mass is 10.1. The zero-order chi connectivity index (χ0) is 20.1. The lowest BCUT2D eigenvalue weighted by Crippen LogP contribution is -2.55. The van der Waals surface area contributed by atoms with E-state index in [9.17, 15) is 14.0 Å². The molecule has 2 aliphatic rings. The van der Waals surface area contributed by atoms with E-state index < -0.39 is 17.9 Å². The minimum Gasteiger partial charge on any atom is -0.443 e. The Bertz CT molecular complexity index is 762. The predicted molar refractivity (Wildman–Crippen MR) is 100 cm³/mol. The van der Waals surface area contributed by atoms with Gasteiger partial charge in [0.25, 0.3) is 0 Å². The smallest absolute Gasteiger partial charge is 0.437 e. The van der Waals surface area contributed by atoms with E-state index in [2.05, 4.69) is 4.99 Å². The number of carbonyl (C=O) groups excluding carboxylic acids is 2. The van der Waals surface area contributed by atoms with Crippen LogP contribution in [0.25, 0.3) is 0 Å². The van der Waals surface area contributed by atoms with Crippen LogP contribution in [0.4, 0.5) is 14.9 Å². The Balaban J connectivity index is 1.65. The third-order valence-electron chi connectivity index (χ3n) is 4.86. The number of hydrogen-bond donors (Lipinski definition) is 2. The van der Waals surface area contributed by atoms with Gasteiger partial charge in [-0.25, -0.2) is 9.18 Å².